The lowest BCUT2D eigenvalue weighted by Gasteiger charge is -2.36. The van der Waals surface area contributed by atoms with Crippen LogP contribution in [-0.2, 0) is 25.7 Å². The van der Waals surface area contributed by atoms with Gasteiger partial charge in [-0.2, -0.15) is 5.10 Å². The van der Waals surface area contributed by atoms with Crippen molar-refractivity contribution in [2.75, 3.05) is 43.6 Å². The van der Waals surface area contributed by atoms with Gasteiger partial charge in [0.2, 0.25) is 17.7 Å². The number of halogens is 1. The molecule has 16 heteroatoms. The SMILES string of the molecule is COc1cc(N2CCC(OCC(=O)N[C@H](C(=O)N3C[C@H](O)C[C@H]3C(=O)NCc3ccc(Br)cc3C)C(C)(C)C)CC2)ccc1NC(=O)c1cccc(-c2ccn[nH]2)n1. The fraction of sp³-hybridized carbons (Fsp3) is 0.429. The number of aromatic nitrogens is 3. The number of β-amino-alcohol motifs (C(OH)–C–C–N with tert-alkyl or cyclic N) is 1. The van der Waals surface area contributed by atoms with Crippen molar-refractivity contribution in [1.82, 2.24) is 30.7 Å². The zero-order valence-electron chi connectivity index (χ0n) is 33.4. The molecule has 0 unspecified atom stereocenters. The number of aryl methyl sites for hydroxylation is 1. The van der Waals surface area contributed by atoms with Crippen LogP contribution in [0.25, 0.3) is 11.4 Å². The van der Waals surface area contributed by atoms with Gasteiger partial charge in [0.05, 0.1) is 36.4 Å². The minimum atomic E-state index is -0.953. The van der Waals surface area contributed by atoms with Crippen LogP contribution in [0.1, 0.15) is 61.6 Å². The molecule has 308 valence electrons. The number of piperidine rings is 1. The summed E-state index contributed by atoms with van der Waals surface area (Å²) in [6, 6.07) is 16.5. The molecule has 0 spiro atoms. The summed E-state index contributed by atoms with van der Waals surface area (Å²) in [6.07, 6.45) is 2.02. The highest BCUT2D eigenvalue weighted by Gasteiger charge is 2.44. The van der Waals surface area contributed by atoms with E-state index in [9.17, 15) is 24.3 Å². The second-order valence-electron chi connectivity index (χ2n) is 15.8. The summed E-state index contributed by atoms with van der Waals surface area (Å²) in [4.78, 5) is 61.8. The zero-order valence-corrected chi connectivity index (χ0v) is 35.0. The molecule has 6 rings (SSSR count). The first-order valence-corrected chi connectivity index (χ1v) is 20.1. The molecule has 58 heavy (non-hydrogen) atoms. The van der Waals surface area contributed by atoms with E-state index < -0.39 is 35.4 Å². The molecule has 2 saturated heterocycles. The Morgan fingerprint density at radius 3 is 2.52 bits per heavy atom. The summed E-state index contributed by atoms with van der Waals surface area (Å²) in [7, 11) is 1.55. The molecule has 3 atom stereocenters. The quantitative estimate of drug-likeness (QED) is 0.127. The smallest absolute Gasteiger partial charge is 0.274 e. The topological polar surface area (TPSA) is 191 Å². The number of methoxy groups -OCH3 is 1. The van der Waals surface area contributed by atoms with E-state index >= 15 is 0 Å². The monoisotopic (exact) mass is 858 g/mol. The molecule has 15 nitrogen and oxygen atoms in total. The summed E-state index contributed by atoms with van der Waals surface area (Å²) in [5.74, 6) is -1.10. The van der Waals surface area contributed by atoms with Crippen LogP contribution < -0.4 is 25.6 Å². The fourth-order valence-corrected chi connectivity index (χ4v) is 7.71. The maximum atomic E-state index is 14.0. The zero-order chi connectivity index (χ0) is 41.6. The number of rotatable bonds is 13. The van der Waals surface area contributed by atoms with Crippen LogP contribution in [0.15, 0.2) is 71.3 Å². The number of hydrogen-bond donors (Lipinski definition) is 5. The number of nitrogens with one attached hydrogen (secondary N) is 4. The van der Waals surface area contributed by atoms with Gasteiger partial charge in [0.1, 0.15) is 30.1 Å². The van der Waals surface area contributed by atoms with Crippen LogP contribution in [-0.4, -0.2) is 106 Å². The number of aromatic amines is 1. The van der Waals surface area contributed by atoms with Gasteiger partial charge in [-0.3, -0.25) is 24.3 Å². The third-order valence-corrected chi connectivity index (χ3v) is 11.0. The Hall–Kier alpha value is -5.32. The molecule has 0 radical (unpaired) electrons. The number of pyridine rings is 1. The summed E-state index contributed by atoms with van der Waals surface area (Å²) >= 11 is 3.45. The molecular formula is C42H51BrN8O7. The van der Waals surface area contributed by atoms with Crippen LogP contribution in [0.5, 0.6) is 5.75 Å². The van der Waals surface area contributed by atoms with Gasteiger partial charge in [0, 0.05) is 55.0 Å². The van der Waals surface area contributed by atoms with Gasteiger partial charge in [-0.15, -0.1) is 0 Å². The molecule has 4 aromatic rings. The summed E-state index contributed by atoms with van der Waals surface area (Å²) in [6.45, 7) is 8.87. The van der Waals surface area contributed by atoms with Crippen molar-refractivity contribution in [3.8, 4) is 17.1 Å². The van der Waals surface area contributed by atoms with Crippen molar-refractivity contribution in [2.24, 2.45) is 5.41 Å². The third kappa shape index (κ3) is 10.4. The van der Waals surface area contributed by atoms with Crippen LogP contribution in [0.2, 0.25) is 0 Å². The number of likely N-dealkylation sites (tertiary alicyclic amines) is 1. The first-order chi connectivity index (χ1) is 27.7. The molecule has 2 aliphatic heterocycles. The number of carbonyl (C=O) groups is 4. The van der Waals surface area contributed by atoms with Gasteiger partial charge in [-0.05, 0) is 78.8 Å². The second kappa shape index (κ2) is 18.5. The van der Waals surface area contributed by atoms with Gasteiger partial charge in [0.15, 0.2) is 0 Å². The first kappa shape index (κ1) is 42.3. The first-order valence-electron chi connectivity index (χ1n) is 19.3. The van der Waals surface area contributed by atoms with E-state index in [0.717, 1.165) is 21.3 Å². The number of carbonyl (C=O) groups excluding carboxylic acids is 4. The maximum absolute atomic E-state index is 14.0. The van der Waals surface area contributed by atoms with E-state index in [1.165, 1.54) is 4.90 Å². The van der Waals surface area contributed by atoms with Gasteiger partial charge >= 0.3 is 0 Å². The van der Waals surface area contributed by atoms with Crippen molar-refractivity contribution in [1.29, 1.82) is 0 Å². The van der Waals surface area contributed by atoms with Crippen LogP contribution in [0.4, 0.5) is 11.4 Å². The highest BCUT2D eigenvalue weighted by atomic mass is 79.9. The van der Waals surface area contributed by atoms with Crippen LogP contribution in [0.3, 0.4) is 0 Å². The largest absolute Gasteiger partial charge is 0.494 e. The Labute approximate surface area is 346 Å². The van der Waals surface area contributed by atoms with E-state index in [-0.39, 0.29) is 49.7 Å². The summed E-state index contributed by atoms with van der Waals surface area (Å²) in [5.41, 5.74) is 4.24. The maximum Gasteiger partial charge on any atom is 0.274 e. The Kier molecular flexibility index (Phi) is 13.5. The molecule has 4 amide bonds. The Balaban J connectivity index is 0.993. The minimum Gasteiger partial charge on any atom is -0.494 e. The fourth-order valence-electron chi connectivity index (χ4n) is 7.23. The number of amides is 4. The van der Waals surface area contributed by atoms with Gasteiger partial charge < -0.3 is 40.3 Å². The number of benzene rings is 2. The Bertz CT molecular complexity index is 2100. The van der Waals surface area contributed by atoms with E-state index in [0.29, 0.717) is 48.8 Å². The predicted molar refractivity (Wildman–Crippen MR) is 222 cm³/mol. The lowest BCUT2D eigenvalue weighted by molar-refractivity contribution is -0.145. The van der Waals surface area contributed by atoms with Crippen molar-refractivity contribution < 1.29 is 33.8 Å². The van der Waals surface area contributed by atoms with E-state index in [4.69, 9.17) is 9.47 Å². The average molecular weight is 860 g/mol. The molecule has 5 N–H and O–H groups in total. The summed E-state index contributed by atoms with van der Waals surface area (Å²) in [5, 5.41) is 26.0. The van der Waals surface area contributed by atoms with Crippen LogP contribution >= 0.6 is 15.9 Å². The van der Waals surface area contributed by atoms with Crippen molar-refractivity contribution in [3.63, 3.8) is 0 Å². The molecule has 2 fully saturated rings. The number of nitrogens with zero attached hydrogens (tertiary/aromatic N) is 4. The molecule has 2 aromatic carbocycles. The number of H-pyrrole nitrogens is 1. The predicted octanol–water partition coefficient (Wildman–Crippen LogP) is 4.60. The standard InChI is InChI=1S/C42H51BrN8O7/c1-25-19-27(43)10-9-26(25)22-44-40(55)35-21-29(52)23-51(35)41(56)38(42(2,3)4)48-37(53)24-58-30-14-17-50(18-15-30)28-11-12-33(36(20-28)57-5)47-39(54)34-8-6-7-31(46-34)32-13-16-45-49-32/h6-13,16,19-20,29-30,35,38,52H,14-15,17-18,21-24H2,1-5H3,(H,44,55)(H,45,49)(H,47,54)(H,48,53)/t29-,35+,38-/m1/s1. The van der Waals surface area contributed by atoms with E-state index in [1.807, 2.05) is 58.0 Å². The lowest BCUT2D eigenvalue weighted by Crippen LogP contribution is -2.58. The molecule has 2 aliphatic rings. The molecule has 4 heterocycles. The van der Waals surface area contributed by atoms with Crippen molar-refractivity contribution >= 4 is 50.9 Å². The van der Waals surface area contributed by atoms with Crippen molar-refractivity contribution in [2.45, 2.75) is 77.8 Å². The van der Waals surface area contributed by atoms with E-state index in [1.54, 1.807) is 43.6 Å². The minimum absolute atomic E-state index is 0.00574. The van der Waals surface area contributed by atoms with Crippen molar-refractivity contribution in [3.05, 3.63) is 88.2 Å². The number of aliphatic hydroxyl groups excluding tert-OH is 1. The molecular weight excluding hydrogens is 808 g/mol. The second-order valence-corrected chi connectivity index (χ2v) is 16.7. The normalized spacial score (nSPS) is 17.8. The highest BCUT2D eigenvalue weighted by molar-refractivity contribution is 9.10. The number of anilines is 2. The lowest BCUT2D eigenvalue weighted by atomic mass is 9.85. The third-order valence-electron chi connectivity index (χ3n) is 10.5. The highest BCUT2D eigenvalue weighted by Crippen LogP contribution is 2.32. The molecule has 0 bridgehead atoms. The van der Waals surface area contributed by atoms with Crippen LogP contribution in [0, 0.1) is 12.3 Å². The van der Waals surface area contributed by atoms with Gasteiger partial charge in [-0.1, -0.05) is 48.8 Å². The molecule has 0 aliphatic carbocycles. The number of ether oxygens (including phenoxy) is 2. The van der Waals surface area contributed by atoms with Gasteiger partial charge in [-0.25, -0.2) is 4.98 Å². The Morgan fingerprint density at radius 1 is 1.05 bits per heavy atom. The summed E-state index contributed by atoms with van der Waals surface area (Å²) < 4.78 is 12.6. The number of aliphatic hydroxyl groups is 1. The molecule has 0 saturated carbocycles. The molecule has 2 aromatic heterocycles. The van der Waals surface area contributed by atoms with Gasteiger partial charge in [0.25, 0.3) is 5.91 Å². The van der Waals surface area contributed by atoms with E-state index in [2.05, 4.69) is 52.0 Å². The average Bonchev–Trinajstić information content (AvgIpc) is 3.89. The Morgan fingerprint density at radius 2 is 1.83 bits per heavy atom. The number of hydrogen-bond acceptors (Lipinski definition) is 10.